The van der Waals surface area contributed by atoms with Crippen LogP contribution in [-0.2, 0) is 9.53 Å². The van der Waals surface area contributed by atoms with Crippen LogP contribution in [0.1, 0.15) is 27.3 Å². The Morgan fingerprint density at radius 2 is 1.89 bits per heavy atom. The summed E-state index contributed by atoms with van der Waals surface area (Å²) < 4.78 is 7.28. The first-order valence-electron chi connectivity index (χ1n) is 9.10. The minimum atomic E-state index is -0.951. The average molecular weight is 384 g/mol. The molecule has 8 nitrogen and oxygen atoms in total. The molecule has 0 bridgehead atoms. The molecule has 1 aromatic heterocycles. The molecule has 0 saturated carbocycles. The number of aromatic nitrogens is 1. The van der Waals surface area contributed by atoms with Gasteiger partial charge in [0.2, 0.25) is 0 Å². The number of rotatable bonds is 6. The van der Waals surface area contributed by atoms with E-state index in [1.165, 1.54) is 0 Å². The Morgan fingerprint density at radius 1 is 1.21 bits per heavy atom. The van der Waals surface area contributed by atoms with Crippen LogP contribution in [0.25, 0.3) is 5.69 Å². The normalized spacial score (nSPS) is 15.1. The van der Waals surface area contributed by atoms with E-state index < -0.39 is 5.97 Å². The lowest BCUT2D eigenvalue weighted by atomic mass is 10.2. The van der Waals surface area contributed by atoms with Crippen LogP contribution in [0.15, 0.2) is 35.4 Å². The summed E-state index contributed by atoms with van der Waals surface area (Å²) in [5.41, 5.74) is 6.50. The average Bonchev–Trinajstić information content (AvgIpc) is 2.96. The number of carbonyl (C=O) groups is 2. The Morgan fingerprint density at radius 3 is 2.54 bits per heavy atom. The summed E-state index contributed by atoms with van der Waals surface area (Å²) in [4.78, 5) is 25.1. The van der Waals surface area contributed by atoms with Gasteiger partial charge < -0.3 is 14.4 Å². The number of hydrazone groups is 1. The number of carbonyl (C=O) groups excluding carboxylic acids is 1. The van der Waals surface area contributed by atoms with Crippen molar-refractivity contribution in [2.45, 2.75) is 13.8 Å². The third kappa shape index (κ3) is 4.65. The van der Waals surface area contributed by atoms with E-state index in [0.717, 1.165) is 35.7 Å². The SMILES string of the molecule is Cc1cc(C=NNC(=O)CN2CCOCC2)c(C)n1-c1ccc(C(=O)O)cc1. The van der Waals surface area contributed by atoms with Gasteiger partial charge in [0.15, 0.2) is 0 Å². The van der Waals surface area contributed by atoms with Gasteiger partial charge in [-0.15, -0.1) is 0 Å². The Labute approximate surface area is 163 Å². The second kappa shape index (κ2) is 8.81. The first kappa shape index (κ1) is 19.8. The number of hydrogen-bond acceptors (Lipinski definition) is 5. The number of nitrogens with one attached hydrogen (secondary N) is 1. The number of carboxylic acid groups (broad SMARTS) is 1. The lowest BCUT2D eigenvalue weighted by Gasteiger charge is -2.25. The third-order valence-corrected chi connectivity index (χ3v) is 4.71. The van der Waals surface area contributed by atoms with Crippen molar-refractivity contribution >= 4 is 18.1 Å². The number of nitrogens with zero attached hydrogens (tertiary/aromatic N) is 3. The third-order valence-electron chi connectivity index (χ3n) is 4.71. The summed E-state index contributed by atoms with van der Waals surface area (Å²) in [7, 11) is 0. The summed E-state index contributed by atoms with van der Waals surface area (Å²) in [5.74, 6) is -1.11. The molecule has 28 heavy (non-hydrogen) atoms. The molecule has 148 valence electrons. The minimum Gasteiger partial charge on any atom is -0.478 e. The Kier molecular flexibility index (Phi) is 6.23. The Balaban J connectivity index is 1.66. The van der Waals surface area contributed by atoms with E-state index in [2.05, 4.69) is 10.5 Å². The fourth-order valence-electron chi connectivity index (χ4n) is 3.24. The van der Waals surface area contributed by atoms with Gasteiger partial charge in [0.1, 0.15) is 0 Å². The van der Waals surface area contributed by atoms with Gasteiger partial charge in [-0.2, -0.15) is 5.10 Å². The number of hydrogen-bond donors (Lipinski definition) is 2. The van der Waals surface area contributed by atoms with E-state index >= 15 is 0 Å². The molecule has 1 fully saturated rings. The van der Waals surface area contributed by atoms with E-state index in [1.54, 1.807) is 30.5 Å². The summed E-state index contributed by atoms with van der Waals surface area (Å²) in [6.45, 7) is 7.01. The van der Waals surface area contributed by atoms with Crippen LogP contribution in [0.4, 0.5) is 0 Å². The van der Waals surface area contributed by atoms with Crippen molar-refractivity contribution in [3.63, 3.8) is 0 Å². The highest BCUT2D eigenvalue weighted by molar-refractivity contribution is 5.88. The number of ether oxygens (including phenoxy) is 1. The number of aromatic carboxylic acids is 1. The van der Waals surface area contributed by atoms with Crippen LogP contribution < -0.4 is 5.43 Å². The molecule has 0 aliphatic carbocycles. The maximum atomic E-state index is 12.0. The molecule has 0 radical (unpaired) electrons. The molecule has 1 aromatic carbocycles. The van der Waals surface area contributed by atoms with Crippen molar-refractivity contribution in [3.05, 3.63) is 52.8 Å². The van der Waals surface area contributed by atoms with Gasteiger partial charge in [-0.1, -0.05) is 0 Å². The molecular weight excluding hydrogens is 360 g/mol. The van der Waals surface area contributed by atoms with Crippen LogP contribution >= 0.6 is 0 Å². The van der Waals surface area contributed by atoms with Gasteiger partial charge in [0.25, 0.3) is 5.91 Å². The van der Waals surface area contributed by atoms with Gasteiger partial charge in [-0.05, 0) is 44.2 Å². The second-order valence-corrected chi connectivity index (χ2v) is 6.70. The zero-order valence-corrected chi connectivity index (χ0v) is 16.0. The van der Waals surface area contributed by atoms with Gasteiger partial charge >= 0.3 is 5.97 Å². The van der Waals surface area contributed by atoms with Crippen molar-refractivity contribution in [1.82, 2.24) is 14.9 Å². The van der Waals surface area contributed by atoms with Crippen LogP contribution in [0.2, 0.25) is 0 Å². The first-order valence-corrected chi connectivity index (χ1v) is 9.10. The van der Waals surface area contributed by atoms with Crippen LogP contribution in [0, 0.1) is 13.8 Å². The monoisotopic (exact) mass is 384 g/mol. The highest BCUT2D eigenvalue weighted by Crippen LogP contribution is 2.20. The van der Waals surface area contributed by atoms with Gasteiger partial charge in [-0.3, -0.25) is 9.69 Å². The fraction of sp³-hybridized carbons (Fsp3) is 0.350. The standard InChI is InChI=1S/C20H24N4O4/c1-14-11-17(12-21-22-19(25)13-23-7-9-28-10-8-23)15(2)24(14)18-5-3-16(4-6-18)20(26)27/h3-6,11-12H,7-10,13H2,1-2H3,(H,22,25)(H,26,27). The largest absolute Gasteiger partial charge is 0.478 e. The number of aryl methyl sites for hydroxylation is 1. The van der Waals surface area contributed by atoms with E-state index in [0.29, 0.717) is 19.8 Å². The minimum absolute atomic E-state index is 0.156. The second-order valence-electron chi connectivity index (χ2n) is 6.70. The molecule has 1 aliphatic heterocycles. The summed E-state index contributed by atoms with van der Waals surface area (Å²) in [5, 5.41) is 13.1. The molecule has 2 heterocycles. The van der Waals surface area contributed by atoms with Crippen LogP contribution in [0.5, 0.6) is 0 Å². The summed E-state index contributed by atoms with van der Waals surface area (Å²) >= 11 is 0. The molecule has 1 amide bonds. The smallest absolute Gasteiger partial charge is 0.335 e. The molecule has 8 heteroatoms. The molecule has 1 saturated heterocycles. The molecule has 0 atom stereocenters. The van der Waals surface area contributed by atoms with Gasteiger partial charge in [0.05, 0.1) is 31.5 Å². The van der Waals surface area contributed by atoms with Gasteiger partial charge in [0, 0.05) is 35.7 Å². The fourth-order valence-corrected chi connectivity index (χ4v) is 3.24. The van der Waals surface area contributed by atoms with Crippen molar-refractivity contribution in [1.29, 1.82) is 0 Å². The Bertz CT molecular complexity index is 880. The van der Waals surface area contributed by atoms with Crippen LogP contribution in [-0.4, -0.2) is 65.5 Å². The molecule has 2 N–H and O–H groups in total. The number of carboxylic acids is 1. The number of morpholine rings is 1. The number of amides is 1. The quantitative estimate of drug-likeness (QED) is 0.582. The van der Waals surface area contributed by atoms with Crippen LogP contribution in [0.3, 0.4) is 0 Å². The van der Waals surface area contributed by atoms with E-state index in [9.17, 15) is 9.59 Å². The summed E-state index contributed by atoms with van der Waals surface area (Å²) in [6.07, 6.45) is 1.63. The van der Waals surface area contributed by atoms with Crippen molar-refractivity contribution in [3.8, 4) is 5.69 Å². The predicted molar refractivity (Wildman–Crippen MR) is 105 cm³/mol. The van der Waals surface area contributed by atoms with Crippen molar-refractivity contribution < 1.29 is 19.4 Å². The van der Waals surface area contributed by atoms with Gasteiger partial charge in [-0.25, -0.2) is 10.2 Å². The molecule has 0 unspecified atom stereocenters. The molecule has 1 aliphatic rings. The Hall–Kier alpha value is -2.97. The molecular formula is C20H24N4O4. The molecule has 0 spiro atoms. The lowest BCUT2D eigenvalue weighted by molar-refractivity contribution is -0.123. The van der Waals surface area contributed by atoms with E-state index in [4.69, 9.17) is 9.84 Å². The lowest BCUT2D eigenvalue weighted by Crippen LogP contribution is -2.42. The highest BCUT2D eigenvalue weighted by Gasteiger charge is 2.14. The zero-order valence-electron chi connectivity index (χ0n) is 16.0. The highest BCUT2D eigenvalue weighted by atomic mass is 16.5. The zero-order chi connectivity index (χ0) is 20.1. The maximum absolute atomic E-state index is 12.0. The summed E-state index contributed by atoms with van der Waals surface area (Å²) in [6, 6.07) is 8.67. The topological polar surface area (TPSA) is 96.2 Å². The van der Waals surface area contributed by atoms with E-state index in [-0.39, 0.29) is 11.5 Å². The van der Waals surface area contributed by atoms with Crippen molar-refractivity contribution in [2.24, 2.45) is 5.10 Å². The van der Waals surface area contributed by atoms with E-state index in [1.807, 2.05) is 29.4 Å². The number of benzene rings is 1. The maximum Gasteiger partial charge on any atom is 0.335 e. The molecule has 3 rings (SSSR count). The molecule has 2 aromatic rings. The first-order chi connectivity index (χ1) is 13.5. The predicted octanol–water partition coefficient (Wildman–Crippen LogP) is 1.57. The van der Waals surface area contributed by atoms with Crippen molar-refractivity contribution in [2.75, 3.05) is 32.8 Å².